The van der Waals surface area contributed by atoms with E-state index in [1.165, 1.54) is 0 Å². The van der Waals surface area contributed by atoms with Gasteiger partial charge < -0.3 is 15.1 Å². The number of benzene rings is 2. The summed E-state index contributed by atoms with van der Waals surface area (Å²) in [7, 11) is 0. The largest absolute Gasteiger partial charge is 0.371 e. The van der Waals surface area contributed by atoms with E-state index in [0.717, 1.165) is 42.7 Å². The molecule has 5 heteroatoms. The van der Waals surface area contributed by atoms with Crippen molar-refractivity contribution in [1.82, 2.24) is 10.2 Å². The lowest BCUT2D eigenvalue weighted by atomic mass is 10.0. The number of rotatable bonds is 6. The van der Waals surface area contributed by atoms with Crippen LogP contribution in [0.2, 0.25) is 0 Å². The lowest BCUT2D eigenvalue weighted by Gasteiger charge is -2.35. The van der Waals surface area contributed by atoms with Crippen molar-refractivity contribution in [3.63, 3.8) is 0 Å². The zero-order chi connectivity index (χ0) is 21.7. The van der Waals surface area contributed by atoms with Gasteiger partial charge in [-0.1, -0.05) is 29.8 Å². The van der Waals surface area contributed by atoms with Gasteiger partial charge in [0, 0.05) is 43.0 Å². The molecule has 0 radical (unpaired) electrons. The number of nitrogens with zero attached hydrogens (tertiary/aromatic N) is 2. The quantitative estimate of drug-likeness (QED) is 0.778. The van der Waals surface area contributed by atoms with E-state index in [1.807, 2.05) is 81.1 Å². The van der Waals surface area contributed by atoms with Crippen LogP contribution in [0.15, 0.2) is 48.5 Å². The van der Waals surface area contributed by atoms with Crippen molar-refractivity contribution in [1.29, 1.82) is 0 Å². The van der Waals surface area contributed by atoms with E-state index in [1.54, 1.807) is 0 Å². The maximum atomic E-state index is 13.1. The SMILES string of the molecule is CCN(C(=O)c1ccccc1N1CCC(NC(=O)c2ccc(C)cc2)CC1)C(C)C. The first-order valence-corrected chi connectivity index (χ1v) is 10.9. The Morgan fingerprint density at radius 2 is 1.70 bits per heavy atom. The van der Waals surface area contributed by atoms with Gasteiger partial charge in [0.25, 0.3) is 11.8 Å². The summed E-state index contributed by atoms with van der Waals surface area (Å²) in [4.78, 5) is 29.8. The van der Waals surface area contributed by atoms with Crippen LogP contribution in [0, 0.1) is 6.92 Å². The summed E-state index contributed by atoms with van der Waals surface area (Å²) < 4.78 is 0. The van der Waals surface area contributed by atoms with Gasteiger partial charge in [0.15, 0.2) is 0 Å². The average Bonchev–Trinajstić information content (AvgIpc) is 2.75. The highest BCUT2D eigenvalue weighted by atomic mass is 16.2. The molecule has 160 valence electrons. The Morgan fingerprint density at radius 3 is 2.30 bits per heavy atom. The summed E-state index contributed by atoms with van der Waals surface area (Å²) in [6.07, 6.45) is 1.73. The van der Waals surface area contributed by atoms with Crippen LogP contribution in [0.1, 0.15) is 59.9 Å². The maximum Gasteiger partial charge on any atom is 0.256 e. The molecule has 1 N–H and O–H groups in total. The van der Waals surface area contributed by atoms with Gasteiger partial charge in [0.2, 0.25) is 0 Å². The fraction of sp³-hybridized carbons (Fsp3) is 0.440. The number of hydrogen-bond donors (Lipinski definition) is 1. The lowest BCUT2D eigenvalue weighted by molar-refractivity contribution is 0.0717. The number of hydrogen-bond acceptors (Lipinski definition) is 3. The highest BCUT2D eigenvalue weighted by molar-refractivity contribution is 6.00. The highest BCUT2D eigenvalue weighted by Crippen LogP contribution is 2.26. The molecule has 2 aromatic carbocycles. The van der Waals surface area contributed by atoms with E-state index in [0.29, 0.717) is 12.1 Å². The molecule has 1 heterocycles. The van der Waals surface area contributed by atoms with Crippen LogP contribution in [0.3, 0.4) is 0 Å². The standard InChI is InChI=1S/C25H33N3O2/c1-5-28(18(2)3)25(30)22-8-6-7-9-23(22)27-16-14-21(15-17-27)26-24(29)20-12-10-19(4)11-13-20/h6-13,18,21H,5,14-17H2,1-4H3,(H,26,29). The Bertz CT molecular complexity index is 868. The van der Waals surface area contributed by atoms with E-state index in [4.69, 9.17) is 0 Å². The molecule has 1 aliphatic heterocycles. The van der Waals surface area contributed by atoms with Crippen molar-refractivity contribution in [3.8, 4) is 0 Å². The van der Waals surface area contributed by atoms with Crippen LogP contribution in [-0.2, 0) is 0 Å². The van der Waals surface area contributed by atoms with Crippen molar-refractivity contribution < 1.29 is 9.59 Å². The van der Waals surface area contributed by atoms with Crippen LogP contribution >= 0.6 is 0 Å². The summed E-state index contributed by atoms with van der Waals surface area (Å²) in [5.74, 6) is 0.0671. The zero-order valence-corrected chi connectivity index (χ0v) is 18.5. The number of piperidine rings is 1. The lowest BCUT2D eigenvalue weighted by Crippen LogP contribution is -2.45. The van der Waals surface area contributed by atoms with E-state index in [-0.39, 0.29) is 23.9 Å². The molecular weight excluding hydrogens is 374 g/mol. The first-order valence-electron chi connectivity index (χ1n) is 10.9. The molecule has 0 spiro atoms. The zero-order valence-electron chi connectivity index (χ0n) is 18.5. The molecule has 3 rings (SSSR count). The van der Waals surface area contributed by atoms with Crippen LogP contribution in [0.25, 0.3) is 0 Å². The second-order valence-corrected chi connectivity index (χ2v) is 8.30. The molecule has 1 fully saturated rings. The smallest absolute Gasteiger partial charge is 0.256 e. The summed E-state index contributed by atoms with van der Waals surface area (Å²) in [6.45, 7) is 10.5. The molecule has 0 saturated carbocycles. The van der Waals surface area contributed by atoms with Gasteiger partial charge in [-0.05, 0) is 64.8 Å². The third-order valence-electron chi connectivity index (χ3n) is 5.84. The Labute approximate surface area is 180 Å². The summed E-state index contributed by atoms with van der Waals surface area (Å²) >= 11 is 0. The Kier molecular flexibility index (Phi) is 7.14. The maximum absolute atomic E-state index is 13.1. The fourth-order valence-corrected chi connectivity index (χ4v) is 4.07. The second-order valence-electron chi connectivity index (χ2n) is 8.30. The Hall–Kier alpha value is -2.82. The number of amides is 2. The number of anilines is 1. The van der Waals surface area contributed by atoms with Gasteiger partial charge >= 0.3 is 0 Å². The van der Waals surface area contributed by atoms with Crippen LogP contribution < -0.4 is 10.2 Å². The predicted octanol–water partition coefficient (Wildman–Crippen LogP) is 4.26. The first kappa shape index (κ1) is 21.9. The number of carbonyl (C=O) groups excluding carboxylic acids is 2. The first-order chi connectivity index (χ1) is 14.4. The molecule has 0 aromatic heterocycles. The van der Waals surface area contributed by atoms with Gasteiger partial charge in [0.1, 0.15) is 0 Å². The molecule has 0 atom stereocenters. The van der Waals surface area contributed by atoms with Crippen LogP contribution in [0.5, 0.6) is 0 Å². The molecule has 1 aliphatic rings. The van der Waals surface area contributed by atoms with Crippen LogP contribution in [-0.4, -0.2) is 48.4 Å². The summed E-state index contributed by atoms with van der Waals surface area (Å²) in [6, 6.07) is 15.9. The van der Waals surface area contributed by atoms with Crippen LogP contribution in [0.4, 0.5) is 5.69 Å². The number of aryl methyl sites for hydroxylation is 1. The van der Waals surface area contributed by atoms with E-state index in [2.05, 4.69) is 10.2 Å². The van der Waals surface area contributed by atoms with Crippen molar-refractivity contribution in [2.24, 2.45) is 0 Å². The third-order valence-corrected chi connectivity index (χ3v) is 5.84. The number of carbonyl (C=O) groups is 2. The molecular formula is C25H33N3O2. The van der Waals surface area contributed by atoms with E-state index >= 15 is 0 Å². The predicted molar refractivity (Wildman–Crippen MR) is 122 cm³/mol. The molecule has 1 saturated heterocycles. The van der Waals surface area contributed by atoms with Crippen molar-refractivity contribution in [3.05, 3.63) is 65.2 Å². The minimum absolute atomic E-state index is 0.0143. The van der Waals surface area contributed by atoms with Gasteiger partial charge in [-0.2, -0.15) is 0 Å². The van der Waals surface area contributed by atoms with Crippen molar-refractivity contribution >= 4 is 17.5 Å². The molecule has 0 aliphatic carbocycles. The average molecular weight is 408 g/mol. The van der Waals surface area contributed by atoms with Gasteiger partial charge in [-0.25, -0.2) is 0 Å². The third kappa shape index (κ3) is 5.02. The molecule has 0 bridgehead atoms. The second kappa shape index (κ2) is 9.79. The van der Waals surface area contributed by atoms with Crippen molar-refractivity contribution in [2.45, 2.75) is 52.6 Å². The molecule has 0 unspecified atom stereocenters. The molecule has 30 heavy (non-hydrogen) atoms. The monoisotopic (exact) mass is 407 g/mol. The minimum Gasteiger partial charge on any atom is -0.371 e. The summed E-state index contributed by atoms with van der Waals surface area (Å²) in [5.41, 5.74) is 3.60. The van der Waals surface area contributed by atoms with E-state index < -0.39 is 0 Å². The minimum atomic E-state index is -0.0143. The van der Waals surface area contributed by atoms with Gasteiger partial charge in [0.05, 0.1) is 5.56 Å². The normalized spacial score (nSPS) is 14.6. The van der Waals surface area contributed by atoms with Crippen molar-refractivity contribution in [2.75, 3.05) is 24.5 Å². The Morgan fingerprint density at radius 1 is 1.07 bits per heavy atom. The topological polar surface area (TPSA) is 52.7 Å². The van der Waals surface area contributed by atoms with Gasteiger partial charge in [-0.3, -0.25) is 9.59 Å². The fourth-order valence-electron chi connectivity index (χ4n) is 4.07. The van der Waals surface area contributed by atoms with E-state index in [9.17, 15) is 9.59 Å². The summed E-state index contributed by atoms with van der Waals surface area (Å²) in [5, 5.41) is 3.17. The molecule has 2 aromatic rings. The Balaban J connectivity index is 1.65. The number of para-hydroxylation sites is 1. The highest BCUT2D eigenvalue weighted by Gasteiger charge is 2.26. The van der Waals surface area contributed by atoms with Gasteiger partial charge in [-0.15, -0.1) is 0 Å². The number of nitrogens with one attached hydrogen (secondary N) is 1. The molecule has 5 nitrogen and oxygen atoms in total. The molecule has 2 amide bonds.